The maximum Gasteiger partial charge on any atom is 0.248 e. The van der Waals surface area contributed by atoms with Crippen LogP contribution in [0.5, 0.6) is 11.6 Å². The number of amides is 2. The van der Waals surface area contributed by atoms with Crippen molar-refractivity contribution >= 4 is 17.5 Å². The van der Waals surface area contributed by atoms with Crippen molar-refractivity contribution in [1.29, 1.82) is 0 Å². The number of primary amides is 1. The Kier molecular flexibility index (Phi) is 5.48. The molecule has 2 unspecified atom stereocenters. The van der Waals surface area contributed by atoms with Crippen LogP contribution in [0.1, 0.15) is 36.0 Å². The Morgan fingerprint density at radius 2 is 2.04 bits per heavy atom. The van der Waals surface area contributed by atoms with Gasteiger partial charge in [0.15, 0.2) is 0 Å². The molecule has 1 aliphatic carbocycles. The summed E-state index contributed by atoms with van der Waals surface area (Å²) >= 11 is 0. The zero-order valence-corrected chi connectivity index (χ0v) is 14.4. The Balaban J connectivity index is 1.60. The topological polar surface area (TPSA) is 120 Å². The Morgan fingerprint density at radius 1 is 1.19 bits per heavy atom. The van der Waals surface area contributed by atoms with Crippen molar-refractivity contribution in [3.63, 3.8) is 0 Å². The molecule has 7 nitrogen and oxygen atoms in total. The van der Waals surface area contributed by atoms with E-state index in [2.05, 4.69) is 10.3 Å². The first-order valence-electron chi connectivity index (χ1n) is 8.61. The summed E-state index contributed by atoms with van der Waals surface area (Å²) < 4.78 is 5.61. The van der Waals surface area contributed by atoms with Gasteiger partial charge in [0.1, 0.15) is 5.75 Å². The highest BCUT2D eigenvalue weighted by molar-refractivity contribution is 5.93. The van der Waals surface area contributed by atoms with Crippen LogP contribution >= 0.6 is 0 Å². The molecule has 1 aliphatic rings. The summed E-state index contributed by atoms with van der Waals surface area (Å²) in [5, 5.41) is 2.87. The van der Waals surface area contributed by atoms with Gasteiger partial charge in [0.05, 0.1) is 11.9 Å². The van der Waals surface area contributed by atoms with Crippen LogP contribution < -0.4 is 21.5 Å². The van der Waals surface area contributed by atoms with E-state index >= 15 is 0 Å². The highest BCUT2D eigenvalue weighted by Gasteiger charge is 2.25. The molecule has 3 rings (SSSR count). The molecular formula is C19H22N4O3. The van der Waals surface area contributed by atoms with Gasteiger partial charge in [-0.1, -0.05) is 12.5 Å². The fourth-order valence-corrected chi connectivity index (χ4v) is 3.06. The van der Waals surface area contributed by atoms with E-state index in [0.29, 0.717) is 22.9 Å². The SMILES string of the molecule is NC(=O)c1cccc(Oc2ccc(NC(=O)C3CCCC(N)C3)cn2)c1. The maximum absolute atomic E-state index is 12.3. The first kappa shape index (κ1) is 17.9. The minimum atomic E-state index is -0.524. The van der Waals surface area contributed by atoms with Gasteiger partial charge in [-0.05, 0) is 43.5 Å². The average molecular weight is 354 g/mol. The van der Waals surface area contributed by atoms with Crippen LogP contribution in [0.15, 0.2) is 42.6 Å². The number of nitrogens with one attached hydrogen (secondary N) is 1. The Morgan fingerprint density at radius 3 is 2.73 bits per heavy atom. The Labute approximate surface area is 151 Å². The number of carbonyl (C=O) groups excluding carboxylic acids is 2. The van der Waals surface area contributed by atoms with Gasteiger partial charge in [-0.2, -0.15) is 0 Å². The second kappa shape index (κ2) is 7.97. The van der Waals surface area contributed by atoms with Gasteiger partial charge < -0.3 is 21.5 Å². The maximum atomic E-state index is 12.3. The molecule has 1 aromatic carbocycles. The van der Waals surface area contributed by atoms with Crippen molar-refractivity contribution in [1.82, 2.24) is 4.98 Å². The summed E-state index contributed by atoms with van der Waals surface area (Å²) in [7, 11) is 0. The van der Waals surface area contributed by atoms with Gasteiger partial charge in [0.25, 0.3) is 0 Å². The van der Waals surface area contributed by atoms with E-state index in [9.17, 15) is 9.59 Å². The number of anilines is 1. The van der Waals surface area contributed by atoms with Crippen molar-refractivity contribution < 1.29 is 14.3 Å². The lowest BCUT2D eigenvalue weighted by atomic mass is 9.85. The van der Waals surface area contributed by atoms with Crippen LogP contribution in [-0.4, -0.2) is 22.8 Å². The summed E-state index contributed by atoms with van der Waals surface area (Å²) in [6.07, 6.45) is 5.08. The minimum absolute atomic E-state index is 0.0234. The van der Waals surface area contributed by atoms with Crippen molar-refractivity contribution in [3.8, 4) is 11.6 Å². The zero-order valence-electron chi connectivity index (χ0n) is 14.4. The molecule has 2 atom stereocenters. The molecule has 0 aliphatic heterocycles. The largest absolute Gasteiger partial charge is 0.439 e. The van der Waals surface area contributed by atoms with Crippen molar-refractivity contribution in [3.05, 3.63) is 48.2 Å². The predicted octanol–water partition coefficient (Wildman–Crippen LogP) is 2.43. The fraction of sp³-hybridized carbons (Fsp3) is 0.316. The molecule has 136 valence electrons. The highest BCUT2D eigenvalue weighted by atomic mass is 16.5. The zero-order chi connectivity index (χ0) is 18.5. The summed E-state index contributed by atoms with van der Waals surface area (Å²) in [5.41, 5.74) is 12.2. The van der Waals surface area contributed by atoms with Crippen molar-refractivity contribution in [2.24, 2.45) is 17.4 Å². The number of nitrogens with zero attached hydrogens (tertiary/aromatic N) is 1. The van der Waals surface area contributed by atoms with Gasteiger partial charge in [-0.25, -0.2) is 4.98 Å². The van der Waals surface area contributed by atoms with Gasteiger partial charge in [-0.3, -0.25) is 9.59 Å². The summed E-state index contributed by atoms with van der Waals surface area (Å²) in [6.45, 7) is 0. The Hall–Kier alpha value is -2.93. The van der Waals surface area contributed by atoms with Gasteiger partial charge in [0, 0.05) is 23.6 Å². The molecule has 1 heterocycles. The number of ether oxygens (including phenoxy) is 1. The van der Waals surface area contributed by atoms with Crippen LogP contribution in [0, 0.1) is 5.92 Å². The molecule has 1 fully saturated rings. The molecule has 0 bridgehead atoms. The van der Waals surface area contributed by atoms with Gasteiger partial charge in [-0.15, -0.1) is 0 Å². The quantitative estimate of drug-likeness (QED) is 0.761. The van der Waals surface area contributed by atoms with E-state index in [1.165, 1.54) is 6.20 Å². The molecule has 1 aromatic heterocycles. The monoisotopic (exact) mass is 354 g/mol. The predicted molar refractivity (Wildman–Crippen MR) is 97.8 cm³/mol. The molecule has 1 saturated carbocycles. The van der Waals surface area contributed by atoms with Gasteiger partial charge in [0.2, 0.25) is 17.7 Å². The lowest BCUT2D eigenvalue weighted by Gasteiger charge is -2.25. The van der Waals surface area contributed by atoms with E-state index in [1.54, 1.807) is 36.4 Å². The minimum Gasteiger partial charge on any atom is -0.439 e. The summed E-state index contributed by atoms with van der Waals surface area (Å²) in [4.78, 5) is 27.7. The molecule has 0 saturated heterocycles. The van der Waals surface area contributed by atoms with E-state index in [4.69, 9.17) is 16.2 Å². The standard InChI is InChI=1S/C19H22N4O3/c20-14-5-1-4-13(9-14)19(25)23-15-7-8-17(22-11-15)26-16-6-2-3-12(10-16)18(21)24/h2-3,6-8,10-11,13-14H,1,4-5,9,20H2,(H2,21,24)(H,23,25). The lowest BCUT2D eigenvalue weighted by molar-refractivity contribution is -0.120. The number of carbonyl (C=O) groups is 2. The molecule has 0 spiro atoms. The normalized spacial score (nSPS) is 19.6. The fourth-order valence-electron chi connectivity index (χ4n) is 3.06. The molecular weight excluding hydrogens is 332 g/mol. The number of nitrogens with two attached hydrogens (primary N) is 2. The smallest absolute Gasteiger partial charge is 0.248 e. The van der Waals surface area contributed by atoms with Crippen molar-refractivity contribution in [2.45, 2.75) is 31.7 Å². The van der Waals surface area contributed by atoms with Crippen LogP contribution in [0.4, 0.5) is 5.69 Å². The summed E-state index contributed by atoms with van der Waals surface area (Å²) in [6, 6.07) is 10.0. The molecule has 0 radical (unpaired) electrons. The van der Waals surface area contributed by atoms with Crippen LogP contribution in [0.2, 0.25) is 0 Å². The molecule has 7 heteroatoms. The number of pyridine rings is 1. The van der Waals surface area contributed by atoms with Gasteiger partial charge >= 0.3 is 0 Å². The van der Waals surface area contributed by atoms with E-state index in [0.717, 1.165) is 25.7 Å². The third-order valence-electron chi connectivity index (χ3n) is 4.43. The van der Waals surface area contributed by atoms with E-state index < -0.39 is 5.91 Å². The first-order chi connectivity index (χ1) is 12.5. The Bertz CT molecular complexity index is 792. The average Bonchev–Trinajstić information content (AvgIpc) is 2.63. The molecule has 5 N–H and O–H groups in total. The van der Waals surface area contributed by atoms with E-state index in [1.807, 2.05) is 0 Å². The molecule has 26 heavy (non-hydrogen) atoms. The highest BCUT2D eigenvalue weighted by Crippen LogP contribution is 2.25. The molecule has 2 amide bonds. The number of hydrogen-bond acceptors (Lipinski definition) is 5. The number of aromatic nitrogens is 1. The van der Waals surface area contributed by atoms with Crippen LogP contribution in [0.3, 0.4) is 0 Å². The number of rotatable bonds is 5. The number of benzene rings is 1. The third-order valence-corrected chi connectivity index (χ3v) is 4.43. The second-order valence-electron chi connectivity index (χ2n) is 6.49. The van der Waals surface area contributed by atoms with E-state index in [-0.39, 0.29) is 17.9 Å². The molecule has 2 aromatic rings. The second-order valence-corrected chi connectivity index (χ2v) is 6.49. The third kappa shape index (κ3) is 4.58. The van der Waals surface area contributed by atoms with Crippen molar-refractivity contribution in [2.75, 3.05) is 5.32 Å². The number of hydrogen-bond donors (Lipinski definition) is 3. The van der Waals surface area contributed by atoms with Crippen LogP contribution in [0.25, 0.3) is 0 Å². The first-order valence-corrected chi connectivity index (χ1v) is 8.61. The van der Waals surface area contributed by atoms with Crippen LogP contribution in [-0.2, 0) is 4.79 Å². The lowest BCUT2D eigenvalue weighted by Crippen LogP contribution is -2.34. The summed E-state index contributed by atoms with van der Waals surface area (Å²) in [5.74, 6) is 0.214.